The van der Waals surface area contributed by atoms with Gasteiger partial charge in [0.25, 0.3) is 46.2 Å². The SMILES string of the molecule is Cc1ccc(S(=O)(=O)Oc2cc(S(=O)(=O)O)cc3c(S(=O)(=O)O)c(N=Nc4cc(S(=O)(=O)O)c5cc(SOOO)c(N=Nc6ccc([N+](=O)[O-])cc6S(=O)(=O)O)c(O)c5c4N)ccc23)cc1. The van der Waals surface area contributed by atoms with Crippen molar-refractivity contribution in [3.63, 3.8) is 0 Å². The lowest BCUT2D eigenvalue weighted by atomic mass is 10.0. The predicted molar refractivity (Wildman–Crippen MR) is 224 cm³/mol. The van der Waals surface area contributed by atoms with Crippen molar-refractivity contribution in [3.8, 4) is 11.5 Å². The topological polar surface area (TPSA) is 438 Å². The second kappa shape index (κ2) is 17.8. The Balaban J connectivity index is 1.59. The molecule has 0 saturated carbocycles. The van der Waals surface area contributed by atoms with Crippen LogP contribution in [0.1, 0.15) is 5.56 Å². The monoisotopic (exact) mass is 1030 g/mol. The molecule has 348 valence electrons. The number of rotatable bonds is 15. The molecule has 0 aliphatic rings. The van der Waals surface area contributed by atoms with E-state index in [-0.39, 0.29) is 12.0 Å². The van der Waals surface area contributed by atoms with Crippen LogP contribution in [0.25, 0.3) is 21.5 Å². The molecule has 0 atom stereocenters. The summed E-state index contributed by atoms with van der Waals surface area (Å²) in [6, 6.07) is 11.1. The summed E-state index contributed by atoms with van der Waals surface area (Å²) in [5.41, 5.74) is 2.03. The number of hydrogen-bond acceptors (Lipinski definition) is 23. The van der Waals surface area contributed by atoms with E-state index >= 15 is 0 Å². The zero-order chi connectivity index (χ0) is 48.9. The highest BCUT2D eigenvalue weighted by Gasteiger charge is 2.29. The lowest BCUT2D eigenvalue weighted by Crippen LogP contribution is -2.11. The summed E-state index contributed by atoms with van der Waals surface area (Å²) in [5, 5.41) is 47.1. The average molecular weight is 1030 g/mol. The third-order valence-electron chi connectivity index (χ3n) is 8.77. The van der Waals surface area contributed by atoms with Gasteiger partial charge in [0, 0.05) is 34.4 Å². The standard InChI is InChI=1S/C33H24N6O21S6/c1-15-2-5-17(6-3-15)66(56,57)58-25-12-18(62(44,45)46)11-20-19(25)7-9-23(33(20)65(53,54)55)36-37-24-14-27(63(47,48)49)21-13-26(61-60-59-43)31(32(40)29(21)30(24)34)38-35-22-8-4-16(39(41)42)10-28(22)64(50,51)52/h2-14,40,43H,34H2,1H3,(H,44,45,46)(H,47,48,49)(H,50,51,52)(H,53,54,55). The minimum absolute atomic E-state index is 0.00382. The number of nitrogens with two attached hydrogens (primary N) is 1. The molecule has 0 unspecified atom stereocenters. The van der Waals surface area contributed by atoms with Crippen molar-refractivity contribution in [2.24, 2.45) is 20.5 Å². The molecule has 0 heterocycles. The van der Waals surface area contributed by atoms with Crippen LogP contribution in [0, 0.1) is 17.0 Å². The number of nitrogens with zero attached hydrogens (tertiary/aromatic N) is 5. The summed E-state index contributed by atoms with van der Waals surface area (Å²) in [5.74, 6) is -2.06. The van der Waals surface area contributed by atoms with Crippen molar-refractivity contribution in [2.45, 2.75) is 36.3 Å². The van der Waals surface area contributed by atoms with Crippen molar-refractivity contribution in [1.82, 2.24) is 0 Å². The second-order valence-corrected chi connectivity index (χ2v) is 20.9. The number of nitro benzene ring substituents is 1. The molecule has 0 fully saturated rings. The number of nitrogen functional groups attached to an aromatic ring is 1. The van der Waals surface area contributed by atoms with Gasteiger partial charge in [0.1, 0.15) is 42.3 Å². The summed E-state index contributed by atoms with van der Waals surface area (Å²) in [6.07, 6.45) is 0. The van der Waals surface area contributed by atoms with Crippen molar-refractivity contribution < 1.29 is 89.1 Å². The van der Waals surface area contributed by atoms with E-state index in [9.17, 15) is 75.5 Å². The molecule has 27 nitrogen and oxygen atoms in total. The molecule has 66 heavy (non-hydrogen) atoms. The van der Waals surface area contributed by atoms with E-state index in [0.29, 0.717) is 29.8 Å². The fourth-order valence-electron chi connectivity index (χ4n) is 5.91. The summed E-state index contributed by atoms with van der Waals surface area (Å²) in [6.45, 7) is 1.64. The first-order chi connectivity index (χ1) is 30.5. The number of nitro groups is 1. The summed E-state index contributed by atoms with van der Waals surface area (Å²) >= 11 is -0.00382. The number of phenols is 1. The van der Waals surface area contributed by atoms with Crippen LogP contribution in [0.2, 0.25) is 0 Å². The summed E-state index contributed by atoms with van der Waals surface area (Å²) in [7, 11) is -26.3. The number of fused-ring (bicyclic) bond motifs is 2. The third kappa shape index (κ3) is 10.2. The second-order valence-electron chi connectivity index (χ2n) is 13.0. The fraction of sp³-hybridized carbons (Fsp3) is 0.0303. The lowest BCUT2D eigenvalue weighted by Gasteiger charge is -2.15. The van der Waals surface area contributed by atoms with E-state index in [1.54, 1.807) is 6.92 Å². The van der Waals surface area contributed by atoms with E-state index < -0.39 is 152 Å². The van der Waals surface area contributed by atoms with E-state index in [2.05, 4.69) is 29.8 Å². The number of aromatic hydroxyl groups is 1. The zero-order valence-corrected chi connectivity index (χ0v) is 37.0. The number of phenolic OH excluding ortho intramolecular Hbond substituents is 1. The van der Waals surface area contributed by atoms with E-state index in [1.165, 1.54) is 12.1 Å². The van der Waals surface area contributed by atoms with Crippen LogP contribution < -0.4 is 9.92 Å². The first-order valence-electron chi connectivity index (χ1n) is 16.9. The molecular weight excluding hydrogens is 1010 g/mol. The van der Waals surface area contributed by atoms with Gasteiger partial charge in [-0.3, -0.25) is 28.3 Å². The smallest absolute Gasteiger partial charge is 0.339 e. The molecule has 0 spiro atoms. The highest BCUT2D eigenvalue weighted by Crippen LogP contribution is 2.50. The van der Waals surface area contributed by atoms with Gasteiger partial charge in [-0.15, -0.1) is 24.8 Å². The number of anilines is 1. The van der Waals surface area contributed by atoms with Gasteiger partial charge in [-0.25, -0.2) is 5.26 Å². The molecule has 0 saturated heterocycles. The molecule has 33 heteroatoms. The molecule has 0 aromatic heterocycles. The average Bonchev–Trinajstić information content (AvgIpc) is 3.20. The van der Waals surface area contributed by atoms with Gasteiger partial charge in [-0.05, 0) is 55.5 Å². The Morgan fingerprint density at radius 1 is 0.652 bits per heavy atom. The molecule has 6 rings (SSSR count). The van der Waals surface area contributed by atoms with Crippen LogP contribution in [0.15, 0.2) is 129 Å². The highest BCUT2D eigenvalue weighted by molar-refractivity contribution is 7.94. The largest absolute Gasteiger partial charge is 0.505 e. The number of non-ortho nitro benzene ring substituents is 1. The van der Waals surface area contributed by atoms with Gasteiger partial charge in [-0.1, -0.05) is 22.7 Å². The molecule has 6 aromatic rings. The number of benzene rings is 6. The van der Waals surface area contributed by atoms with Crippen LogP contribution in [0.3, 0.4) is 0 Å². The fourth-order valence-corrected chi connectivity index (χ4v) is 10.0. The van der Waals surface area contributed by atoms with Crippen LogP contribution in [-0.4, -0.2) is 75.6 Å². The normalized spacial score (nSPS) is 13.0. The Kier molecular flexibility index (Phi) is 13.2. The first kappa shape index (κ1) is 49.1. The van der Waals surface area contributed by atoms with Gasteiger partial charge in [0.15, 0.2) is 11.5 Å². The Hall–Kier alpha value is -6.34. The predicted octanol–water partition coefficient (Wildman–Crippen LogP) is 6.51. The maximum atomic E-state index is 13.2. The minimum atomic E-state index is -5.59. The number of aryl methyl sites for hydroxylation is 1. The molecule has 0 bridgehead atoms. The van der Waals surface area contributed by atoms with E-state index in [4.69, 9.17) is 15.2 Å². The van der Waals surface area contributed by atoms with Crippen molar-refractivity contribution in [1.29, 1.82) is 0 Å². The molecule has 0 aliphatic carbocycles. The van der Waals surface area contributed by atoms with Crippen molar-refractivity contribution in [2.75, 3.05) is 5.73 Å². The molecular formula is C33H24N6O21S6. The maximum Gasteiger partial charge on any atom is 0.339 e. The van der Waals surface area contributed by atoms with Gasteiger partial charge in [0.05, 0.1) is 37.8 Å². The van der Waals surface area contributed by atoms with Gasteiger partial charge < -0.3 is 15.0 Å². The third-order valence-corrected chi connectivity index (χ3v) is 14.2. The Morgan fingerprint density at radius 2 is 1.26 bits per heavy atom. The Labute approximate surface area is 374 Å². The molecule has 6 aromatic carbocycles. The number of hydrogen-bond donors (Lipinski definition) is 7. The zero-order valence-electron chi connectivity index (χ0n) is 32.1. The summed E-state index contributed by atoms with van der Waals surface area (Å²) in [4.78, 5) is 4.55. The minimum Gasteiger partial charge on any atom is -0.505 e. The van der Waals surface area contributed by atoms with Gasteiger partial charge in [-0.2, -0.15) is 42.1 Å². The van der Waals surface area contributed by atoms with Crippen molar-refractivity contribution in [3.05, 3.63) is 94.5 Å². The van der Waals surface area contributed by atoms with E-state index in [0.717, 1.165) is 42.5 Å². The van der Waals surface area contributed by atoms with Crippen molar-refractivity contribution >= 4 is 118 Å². The molecule has 0 radical (unpaired) electrons. The van der Waals surface area contributed by atoms with Crippen LogP contribution in [-0.2, 0) is 60.0 Å². The highest BCUT2D eigenvalue weighted by atomic mass is 32.2. The molecule has 0 aliphatic heterocycles. The first-order valence-corrected chi connectivity index (χ1v) is 24.8. The van der Waals surface area contributed by atoms with Gasteiger partial charge in [0.2, 0.25) is 0 Å². The summed E-state index contributed by atoms with van der Waals surface area (Å²) < 4.78 is 177. The maximum absolute atomic E-state index is 13.2. The number of azo groups is 2. The Bertz CT molecular complexity index is 3680. The van der Waals surface area contributed by atoms with Crippen LogP contribution >= 0.6 is 12.0 Å². The van der Waals surface area contributed by atoms with E-state index in [1.807, 2.05) is 0 Å². The molecule has 0 amide bonds. The van der Waals surface area contributed by atoms with Crippen LogP contribution in [0.4, 0.5) is 34.1 Å². The van der Waals surface area contributed by atoms with Crippen LogP contribution in [0.5, 0.6) is 11.5 Å². The Morgan fingerprint density at radius 3 is 1.83 bits per heavy atom. The van der Waals surface area contributed by atoms with Gasteiger partial charge >= 0.3 is 10.1 Å². The molecule has 8 N–H and O–H groups in total. The quantitative estimate of drug-likeness (QED) is 0.00841. The lowest BCUT2D eigenvalue weighted by molar-refractivity contribution is -0.432.